The minimum atomic E-state index is 1.19. The van der Waals surface area contributed by atoms with Crippen molar-refractivity contribution in [2.24, 2.45) is 0 Å². The van der Waals surface area contributed by atoms with Crippen LogP contribution in [0, 0.1) is 0 Å². The number of H-pyrrole nitrogens is 2. The number of para-hydroxylation sites is 2. The summed E-state index contributed by atoms with van der Waals surface area (Å²) in [7, 11) is 0. The molecule has 0 bridgehead atoms. The minimum Gasteiger partial charge on any atom is -0.299 e. The van der Waals surface area contributed by atoms with Gasteiger partial charge in [0.2, 0.25) is 0 Å². The molecule has 0 spiro atoms. The fourth-order valence-corrected chi connectivity index (χ4v) is 0.773. The number of aromatic nitrogens is 2. The fraction of sp³-hybridized carbons (Fsp3) is 0. The molecule has 0 aliphatic rings. The Morgan fingerprint density at radius 1 is 0.875 bits per heavy atom. The molecule has 0 saturated carbocycles. The second-order valence-corrected chi connectivity index (χ2v) is 1.80. The van der Waals surface area contributed by atoms with Gasteiger partial charge >= 0.3 is 0 Å². The van der Waals surface area contributed by atoms with Crippen LogP contribution in [0.4, 0.5) is 0 Å². The molecule has 2 N–H and O–H groups in total. The Labute approximate surface area is 46.5 Å². The van der Waals surface area contributed by atoms with Gasteiger partial charge in [-0.25, -0.2) is 0 Å². The van der Waals surface area contributed by atoms with Crippen LogP contribution in [-0.4, -0.2) is 10.2 Å². The Morgan fingerprint density at radius 2 is 1.38 bits per heavy atom. The molecule has 8 heavy (non-hydrogen) atoms. The lowest BCUT2D eigenvalue weighted by Crippen LogP contribution is -1.87. The van der Waals surface area contributed by atoms with Crippen LogP contribution in [0.25, 0.3) is 11.0 Å². The third kappa shape index (κ3) is 0.320. The van der Waals surface area contributed by atoms with E-state index < -0.39 is 0 Å². The van der Waals surface area contributed by atoms with Crippen LogP contribution < -0.4 is 0 Å². The van der Waals surface area contributed by atoms with Gasteiger partial charge in [-0.15, -0.1) is 0 Å². The monoisotopic (exact) mass is 106 g/mol. The van der Waals surface area contributed by atoms with Gasteiger partial charge in [0.15, 0.2) is 0 Å². The fourth-order valence-electron chi connectivity index (χ4n) is 0.773. The van der Waals surface area contributed by atoms with Crippen molar-refractivity contribution in [1.29, 1.82) is 0 Å². The molecule has 1 heterocycles. The standard InChI is InChI=1S/C6H6N2/c1-2-4-6-5(3-1)7-8-6/h1-4,7-8H. The summed E-state index contributed by atoms with van der Waals surface area (Å²) in [5.74, 6) is 0. The lowest BCUT2D eigenvalue weighted by Gasteiger charge is -1.99. The third-order valence-corrected chi connectivity index (χ3v) is 1.26. The Balaban J connectivity index is 2.88. The Kier molecular flexibility index (Phi) is 0.545. The summed E-state index contributed by atoms with van der Waals surface area (Å²) in [6, 6.07) is 8.08. The molecule has 0 atom stereocenters. The summed E-state index contributed by atoms with van der Waals surface area (Å²) in [6.07, 6.45) is 0. The number of hydrogen-bond donors (Lipinski definition) is 2. The van der Waals surface area contributed by atoms with Crippen LogP contribution in [0.15, 0.2) is 24.3 Å². The van der Waals surface area contributed by atoms with E-state index in [2.05, 4.69) is 10.2 Å². The highest BCUT2D eigenvalue weighted by Crippen LogP contribution is 2.06. The summed E-state index contributed by atoms with van der Waals surface area (Å²) in [6.45, 7) is 0. The molecular formula is C6H6N2. The smallest absolute Gasteiger partial charge is 0.0789 e. The number of nitrogens with one attached hydrogen (secondary N) is 2. The van der Waals surface area contributed by atoms with Gasteiger partial charge in [-0.05, 0) is 12.1 Å². The van der Waals surface area contributed by atoms with Crippen molar-refractivity contribution in [2.45, 2.75) is 0 Å². The van der Waals surface area contributed by atoms with Gasteiger partial charge in [-0.3, -0.25) is 10.2 Å². The van der Waals surface area contributed by atoms with Gasteiger partial charge < -0.3 is 0 Å². The van der Waals surface area contributed by atoms with Crippen LogP contribution in [-0.2, 0) is 0 Å². The van der Waals surface area contributed by atoms with Crippen molar-refractivity contribution in [2.75, 3.05) is 0 Å². The maximum absolute atomic E-state index is 2.94. The lowest BCUT2D eigenvalue weighted by atomic mass is 10.3. The van der Waals surface area contributed by atoms with Gasteiger partial charge in [-0.1, -0.05) is 12.1 Å². The van der Waals surface area contributed by atoms with E-state index in [9.17, 15) is 0 Å². The summed E-state index contributed by atoms with van der Waals surface area (Å²) in [5, 5.41) is 5.88. The normalized spacial score (nSPS) is 10.5. The summed E-state index contributed by atoms with van der Waals surface area (Å²) in [5.41, 5.74) is 2.38. The van der Waals surface area contributed by atoms with Gasteiger partial charge in [0.25, 0.3) is 0 Å². The second kappa shape index (κ2) is 1.15. The van der Waals surface area contributed by atoms with E-state index in [1.165, 1.54) is 11.0 Å². The zero-order valence-electron chi connectivity index (χ0n) is 4.31. The molecule has 40 valence electrons. The van der Waals surface area contributed by atoms with E-state index in [-0.39, 0.29) is 0 Å². The van der Waals surface area contributed by atoms with Gasteiger partial charge in [-0.2, -0.15) is 0 Å². The molecule has 0 fully saturated rings. The van der Waals surface area contributed by atoms with E-state index in [0.29, 0.717) is 0 Å². The zero-order chi connectivity index (χ0) is 5.40. The largest absolute Gasteiger partial charge is 0.299 e. The first-order valence-electron chi connectivity index (χ1n) is 2.58. The van der Waals surface area contributed by atoms with Gasteiger partial charge in [0.05, 0.1) is 11.0 Å². The molecule has 0 aliphatic carbocycles. The van der Waals surface area contributed by atoms with E-state index in [1.54, 1.807) is 0 Å². The molecular weight excluding hydrogens is 100 g/mol. The Morgan fingerprint density at radius 3 is 1.62 bits per heavy atom. The average molecular weight is 106 g/mol. The molecule has 2 aromatic rings. The number of aromatic amines is 2. The highest BCUT2D eigenvalue weighted by Gasteiger charge is 1.89. The first-order chi connectivity index (χ1) is 3.97. The van der Waals surface area contributed by atoms with E-state index in [1.807, 2.05) is 24.3 Å². The van der Waals surface area contributed by atoms with Gasteiger partial charge in [0, 0.05) is 0 Å². The van der Waals surface area contributed by atoms with E-state index in [0.717, 1.165) is 0 Å². The van der Waals surface area contributed by atoms with E-state index >= 15 is 0 Å². The summed E-state index contributed by atoms with van der Waals surface area (Å²) >= 11 is 0. The van der Waals surface area contributed by atoms with Crippen molar-refractivity contribution >= 4 is 11.0 Å². The van der Waals surface area contributed by atoms with Crippen LogP contribution in [0.1, 0.15) is 0 Å². The molecule has 0 aliphatic heterocycles. The number of fused-ring (bicyclic) bond motifs is 1. The van der Waals surface area contributed by atoms with Crippen molar-refractivity contribution in [3.8, 4) is 0 Å². The number of hydrogen-bond acceptors (Lipinski definition) is 0. The van der Waals surface area contributed by atoms with Gasteiger partial charge in [0.1, 0.15) is 0 Å². The molecule has 0 radical (unpaired) electrons. The molecule has 2 heteroatoms. The summed E-state index contributed by atoms with van der Waals surface area (Å²) in [4.78, 5) is 0. The quantitative estimate of drug-likeness (QED) is 0.510. The molecule has 0 amide bonds. The lowest BCUT2D eigenvalue weighted by molar-refractivity contribution is 1.07. The first-order valence-corrected chi connectivity index (χ1v) is 2.58. The van der Waals surface area contributed by atoms with Crippen LogP contribution in [0.3, 0.4) is 0 Å². The zero-order valence-corrected chi connectivity index (χ0v) is 4.31. The maximum Gasteiger partial charge on any atom is 0.0789 e. The Bertz CT molecular complexity index is 249. The molecule has 0 unspecified atom stereocenters. The molecule has 1 aromatic heterocycles. The summed E-state index contributed by atoms with van der Waals surface area (Å²) < 4.78 is 0. The SMILES string of the molecule is c1ccc2[nH][nH]c2c1. The van der Waals surface area contributed by atoms with Crippen LogP contribution in [0.5, 0.6) is 0 Å². The van der Waals surface area contributed by atoms with E-state index in [4.69, 9.17) is 0 Å². The van der Waals surface area contributed by atoms with Crippen LogP contribution >= 0.6 is 0 Å². The predicted molar refractivity (Wildman–Crippen MR) is 32.6 cm³/mol. The number of benzene rings is 1. The highest BCUT2D eigenvalue weighted by molar-refractivity contribution is 5.75. The molecule has 1 aromatic carbocycles. The van der Waals surface area contributed by atoms with Crippen molar-refractivity contribution < 1.29 is 0 Å². The van der Waals surface area contributed by atoms with Crippen LogP contribution in [0.2, 0.25) is 0 Å². The minimum absolute atomic E-state index is 1.19. The Hall–Kier alpha value is -1.18. The van der Waals surface area contributed by atoms with Crippen molar-refractivity contribution in [1.82, 2.24) is 10.2 Å². The third-order valence-electron chi connectivity index (χ3n) is 1.26. The molecule has 2 nitrogen and oxygen atoms in total. The topological polar surface area (TPSA) is 31.6 Å². The van der Waals surface area contributed by atoms with Crippen molar-refractivity contribution in [3.63, 3.8) is 0 Å². The number of rotatable bonds is 0. The highest BCUT2D eigenvalue weighted by atomic mass is 15.1. The van der Waals surface area contributed by atoms with Crippen molar-refractivity contribution in [3.05, 3.63) is 24.3 Å². The molecule has 2 rings (SSSR count). The maximum atomic E-state index is 2.94. The average Bonchev–Trinajstić information content (AvgIpc) is 1.72. The molecule has 0 saturated heterocycles. The predicted octanol–water partition coefficient (Wildman–Crippen LogP) is 1.50. The second-order valence-electron chi connectivity index (χ2n) is 1.80. The first kappa shape index (κ1) is 3.78.